The van der Waals surface area contributed by atoms with E-state index in [9.17, 15) is 0 Å². The lowest BCUT2D eigenvalue weighted by molar-refractivity contribution is 0.573. The summed E-state index contributed by atoms with van der Waals surface area (Å²) >= 11 is 3.51. The van der Waals surface area contributed by atoms with Crippen molar-refractivity contribution in [1.29, 1.82) is 0 Å². The van der Waals surface area contributed by atoms with Crippen LogP contribution in [0, 0.1) is 5.92 Å². The van der Waals surface area contributed by atoms with Gasteiger partial charge < -0.3 is 10.6 Å². The van der Waals surface area contributed by atoms with Gasteiger partial charge in [0.2, 0.25) is 0 Å². The Morgan fingerprint density at radius 1 is 1.45 bits per heavy atom. The molecule has 1 aromatic heterocycles. The third kappa shape index (κ3) is 8.43. The smallest absolute Gasteiger partial charge is 0.191 e. The molecule has 1 rings (SSSR count). The van der Waals surface area contributed by atoms with Gasteiger partial charge in [0.1, 0.15) is 4.34 Å². The molecule has 0 aliphatic heterocycles. The number of hydrogen-bond acceptors (Lipinski definition) is 4. The molecule has 114 valence electrons. The van der Waals surface area contributed by atoms with Crippen LogP contribution < -0.4 is 10.6 Å². The van der Waals surface area contributed by atoms with Crippen LogP contribution in [0.2, 0.25) is 0 Å². The molecule has 0 atom stereocenters. The molecule has 20 heavy (non-hydrogen) atoms. The van der Waals surface area contributed by atoms with Crippen LogP contribution in [-0.2, 0) is 0 Å². The number of guanidine groups is 1. The molecule has 0 aromatic carbocycles. The maximum absolute atomic E-state index is 4.59. The molecule has 0 fully saturated rings. The second-order valence-corrected chi connectivity index (χ2v) is 7.11. The summed E-state index contributed by atoms with van der Waals surface area (Å²) in [5, 5.41) is 8.68. The van der Waals surface area contributed by atoms with E-state index in [4.69, 9.17) is 0 Å². The first kappa shape index (κ1) is 17.3. The second kappa shape index (κ2) is 11.0. The van der Waals surface area contributed by atoms with E-state index in [-0.39, 0.29) is 0 Å². The predicted molar refractivity (Wildman–Crippen MR) is 90.9 cm³/mol. The molecule has 0 saturated heterocycles. The molecule has 0 spiro atoms. The first-order valence-electron chi connectivity index (χ1n) is 7.26. The molecular formula is C14H26N4S2. The number of rotatable bonds is 9. The van der Waals surface area contributed by atoms with E-state index in [1.165, 1.54) is 6.42 Å². The monoisotopic (exact) mass is 314 g/mol. The zero-order chi connectivity index (χ0) is 14.6. The van der Waals surface area contributed by atoms with Crippen LogP contribution in [0.1, 0.15) is 33.6 Å². The Hall–Kier alpha value is -0.750. The minimum Gasteiger partial charge on any atom is -0.357 e. The van der Waals surface area contributed by atoms with E-state index in [2.05, 4.69) is 41.4 Å². The number of thiazole rings is 1. The highest BCUT2D eigenvalue weighted by atomic mass is 32.2. The molecule has 0 amide bonds. The number of nitrogens with one attached hydrogen (secondary N) is 2. The predicted octanol–water partition coefficient (Wildman–Crippen LogP) is 3.23. The maximum Gasteiger partial charge on any atom is 0.191 e. The molecule has 0 bridgehead atoms. The third-order valence-electron chi connectivity index (χ3n) is 2.57. The fraction of sp³-hybridized carbons (Fsp3) is 0.714. The Bertz CT molecular complexity index is 363. The summed E-state index contributed by atoms with van der Waals surface area (Å²) in [6.07, 6.45) is 4.10. The lowest BCUT2D eigenvalue weighted by Crippen LogP contribution is -2.38. The minimum atomic E-state index is 0.722. The van der Waals surface area contributed by atoms with Crippen molar-refractivity contribution in [3.05, 3.63) is 11.6 Å². The molecule has 4 nitrogen and oxygen atoms in total. The van der Waals surface area contributed by atoms with Crippen molar-refractivity contribution in [1.82, 2.24) is 15.6 Å². The molecule has 0 aliphatic carbocycles. The largest absolute Gasteiger partial charge is 0.357 e. The first-order chi connectivity index (χ1) is 9.72. The molecule has 1 aromatic rings. The topological polar surface area (TPSA) is 49.3 Å². The van der Waals surface area contributed by atoms with Crippen LogP contribution in [0.4, 0.5) is 0 Å². The van der Waals surface area contributed by atoms with Crippen molar-refractivity contribution >= 4 is 29.1 Å². The summed E-state index contributed by atoms with van der Waals surface area (Å²) in [5.41, 5.74) is 0. The molecule has 0 radical (unpaired) electrons. The quantitative estimate of drug-likeness (QED) is 0.318. The van der Waals surface area contributed by atoms with Crippen LogP contribution in [0.3, 0.4) is 0 Å². The Morgan fingerprint density at radius 3 is 2.95 bits per heavy atom. The van der Waals surface area contributed by atoms with Gasteiger partial charge in [-0.1, -0.05) is 25.6 Å². The van der Waals surface area contributed by atoms with Crippen molar-refractivity contribution in [2.75, 3.05) is 25.4 Å². The lowest BCUT2D eigenvalue weighted by atomic mass is 10.1. The Kier molecular flexibility index (Phi) is 9.49. The summed E-state index contributed by atoms with van der Waals surface area (Å²) in [5.74, 6) is 2.73. The Balaban J connectivity index is 2.17. The third-order valence-corrected chi connectivity index (χ3v) is 4.62. The summed E-state index contributed by atoms with van der Waals surface area (Å²) < 4.78 is 1.15. The second-order valence-electron chi connectivity index (χ2n) is 4.87. The molecule has 1 heterocycles. The van der Waals surface area contributed by atoms with E-state index in [0.717, 1.165) is 48.0 Å². The van der Waals surface area contributed by atoms with Crippen molar-refractivity contribution in [2.45, 2.75) is 38.0 Å². The van der Waals surface area contributed by atoms with Gasteiger partial charge in [-0.2, -0.15) is 0 Å². The summed E-state index contributed by atoms with van der Waals surface area (Å²) in [6.45, 7) is 9.31. The van der Waals surface area contributed by atoms with E-state index in [0.29, 0.717) is 0 Å². The van der Waals surface area contributed by atoms with Crippen LogP contribution >= 0.6 is 23.1 Å². The highest BCUT2D eigenvalue weighted by Crippen LogP contribution is 2.20. The highest BCUT2D eigenvalue weighted by Gasteiger charge is 1.99. The van der Waals surface area contributed by atoms with Gasteiger partial charge in [-0.3, -0.25) is 4.99 Å². The Morgan fingerprint density at radius 2 is 2.30 bits per heavy atom. The van der Waals surface area contributed by atoms with Crippen molar-refractivity contribution < 1.29 is 0 Å². The summed E-state index contributed by atoms with van der Waals surface area (Å²) in [6, 6.07) is 0. The normalized spacial score (nSPS) is 11.9. The van der Waals surface area contributed by atoms with Gasteiger partial charge in [0.15, 0.2) is 5.96 Å². The van der Waals surface area contributed by atoms with E-state index in [1.54, 1.807) is 11.3 Å². The highest BCUT2D eigenvalue weighted by molar-refractivity contribution is 8.00. The average Bonchev–Trinajstić information content (AvgIpc) is 2.91. The minimum absolute atomic E-state index is 0.722. The zero-order valence-electron chi connectivity index (χ0n) is 12.7. The number of nitrogens with zero attached hydrogens (tertiary/aromatic N) is 2. The fourth-order valence-corrected chi connectivity index (χ4v) is 3.15. The molecule has 0 aliphatic rings. The standard InChI is InChI=1S/C14H26N4S2/c1-4-15-13(17-8-6-12(2)3)16-7-5-10-19-14-18-9-11-20-14/h9,11-12H,4-8,10H2,1-3H3,(H2,15,16,17). The zero-order valence-corrected chi connectivity index (χ0v) is 14.3. The maximum atomic E-state index is 4.59. The number of aliphatic imine (C=N–C) groups is 1. The van der Waals surface area contributed by atoms with Crippen LogP contribution in [0.5, 0.6) is 0 Å². The molecule has 0 saturated carbocycles. The summed E-state index contributed by atoms with van der Waals surface area (Å²) in [7, 11) is 0. The van der Waals surface area contributed by atoms with E-state index in [1.807, 2.05) is 23.3 Å². The number of aromatic nitrogens is 1. The molecule has 6 heteroatoms. The summed E-state index contributed by atoms with van der Waals surface area (Å²) in [4.78, 5) is 8.85. The molecular weight excluding hydrogens is 288 g/mol. The van der Waals surface area contributed by atoms with Gasteiger partial charge >= 0.3 is 0 Å². The lowest BCUT2D eigenvalue weighted by Gasteiger charge is -2.12. The number of hydrogen-bond donors (Lipinski definition) is 2. The van der Waals surface area contributed by atoms with Crippen LogP contribution in [0.15, 0.2) is 20.9 Å². The van der Waals surface area contributed by atoms with Crippen LogP contribution in [0.25, 0.3) is 0 Å². The molecule has 2 N–H and O–H groups in total. The van der Waals surface area contributed by atoms with E-state index >= 15 is 0 Å². The van der Waals surface area contributed by atoms with E-state index < -0.39 is 0 Å². The average molecular weight is 315 g/mol. The van der Waals surface area contributed by atoms with Gasteiger partial charge in [-0.05, 0) is 25.7 Å². The number of thioether (sulfide) groups is 1. The fourth-order valence-electron chi connectivity index (χ4n) is 1.52. The van der Waals surface area contributed by atoms with Gasteiger partial charge in [-0.25, -0.2) is 4.98 Å². The first-order valence-corrected chi connectivity index (χ1v) is 9.13. The van der Waals surface area contributed by atoms with Crippen molar-refractivity contribution in [3.63, 3.8) is 0 Å². The van der Waals surface area contributed by atoms with Gasteiger partial charge in [-0.15, -0.1) is 11.3 Å². The Labute approximate surface area is 130 Å². The van der Waals surface area contributed by atoms with Crippen molar-refractivity contribution in [3.8, 4) is 0 Å². The van der Waals surface area contributed by atoms with Gasteiger partial charge in [0, 0.05) is 37.0 Å². The van der Waals surface area contributed by atoms with Crippen molar-refractivity contribution in [2.24, 2.45) is 10.9 Å². The van der Waals surface area contributed by atoms with Gasteiger partial charge in [0.05, 0.1) is 0 Å². The SMILES string of the molecule is CCNC(=NCCCSc1nccs1)NCCC(C)C. The van der Waals surface area contributed by atoms with Crippen LogP contribution in [-0.4, -0.2) is 36.3 Å². The van der Waals surface area contributed by atoms with Gasteiger partial charge in [0.25, 0.3) is 0 Å². The molecule has 0 unspecified atom stereocenters.